The third-order valence-corrected chi connectivity index (χ3v) is 5.39. The zero-order valence-electron chi connectivity index (χ0n) is 16.8. The summed E-state index contributed by atoms with van der Waals surface area (Å²) in [7, 11) is 0. The zero-order chi connectivity index (χ0) is 21.1. The summed E-state index contributed by atoms with van der Waals surface area (Å²) in [5.74, 6) is -0.533. The molecule has 1 aliphatic carbocycles. The van der Waals surface area contributed by atoms with Gasteiger partial charge in [-0.2, -0.15) is 0 Å². The summed E-state index contributed by atoms with van der Waals surface area (Å²) < 4.78 is 10.7. The van der Waals surface area contributed by atoms with E-state index in [2.05, 4.69) is 5.32 Å². The number of esters is 1. The zero-order valence-corrected chi connectivity index (χ0v) is 16.8. The van der Waals surface area contributed by atoms with Gasteiger partial charge in [0.1, 0.15) is 5.75 Å². The van der Waals surface area contributed by atoms with Crippen LogP contribution in [0.5, 0.6) is 5.75 Å². The van der Waals surface area contributed by atoms with E-state index in [4.69, 9.17) is 9.47 Å². The number of aryl methyl sites for hydroxylation is 2. The Labute approximate surface area is 175 Å². The number of nitrogens with one attached hydrogen (secondary N) is 1. The molecule has 2 aliphatic rings. The highest BCUT2D eigenvalue weighted by Crippen LogP contribution is 2.31. The van der Waals surface area contributed by atoms with Crippen LogP contribution < -0.4 is 15.0 Å². The molecule has 1 heterocycles. The lowest BCUT2D eigenvalue weighted by Crippen LogP contribution is -2.40. The minimum atomic E-state index is -0.932. The van der Waals surface area contributed by atoms with Gasteiger partial charge in [0.15, 0.2) is 12.7 Å². The molecular formula is C23H24N2O5. The number of hydrogen-bond acceptors (Lipinski definition) is 5. The highest BCUT2D eigenvalue weighted by molar-refractivity contribution is 5.98. The number of amides is 2. The number of fused-ring (bicyclic) bond motifs is 2. The maximum Gasteiger partial charge on any atom is 0.308 e. The second-order valence-electron chi connectivity index (χ2n) is 7.51. The molecule has 30 heavy (non-hydrogen) atoms. The van der Waals surface area contributed by atoms with Gasteiger partial charge in [0.2, 0.25) is 0 Å². The average Bonchev–Trinajstić information content (AvgIpc) is 3.21. The number of nitrogens with zero attached hydrogens (tertiary/aromatic N) is 1. The van der Waals surface area contributed by atoms with Crippen molar-refractivity contribution in [1.82, 2.24) is 0 Å². The van der Waals surface area contributed by atoms with Crippen LogP contribution in [0.3, 0.4) is 0 Å². The van der Waals surface area contributed by atoms with Gasteiger partial charge in [0.25, 0.3) is 11.8 Å². The first-order valence-corrected chi connectivity index (χ1v) is 10.2. The Hall–Kier alpha value is -3.35. The Morgan fingerprint density at radius 3 is 2.83 bits per heavy atom. The molecule has 0 saturated heterocycles. The molecule has 156 valence electrons. The van der Waals surface area contributed by atoms with E-state index < -0.39 is 12.1 Å². The van der Waals surface area contributed by atoms with E-state index in [9.17, 15) is 14.4 Å². The molecule has 0 bridgehead atoms. The quantitative estimate of drug-likeness (QED) is 0.743. The number of ether oxygens (including phenoxy) is 2. The van der Waals surface area contributed by atoms with Crippen molar-refractivity contribution in [2.45, 2.75) is 38.7 Å². The fourth-order valence-electron chi connectivity index (χ4n) is 3.81. The van der Waals surface area contributed by atoms with Crippen LogP contribution in [0.2, 0.25) is 0 Å². The monoisotopic (exact) mass is 408 g/mol. The number of anilines is 2. The van der Waals surface area contributed by atoms with Crippen LogP contribution in [0.15, 0.2) is 42.5 Å². The van der Waals surface area contributed by atoms with Gasteiger partial charge < -0.3 is 19.7 Å². The van der Waals surface area contributed by atoms with Crippen LogP contribution in [0.4, 0.5) is 11.4 Å². The molecule has 7 heteroatoms. The van der Waals surface area contributed by atoms with Crippen LogP contribution in [0, 0.1) is 0 Å². The lowest BCUT2D eigenvalue weighted by atomic mass is 10.1. The second-order valence-corrected chi connectivity index (χ2v) is 7.51. The van der Waals surface area contributed by atoms with E-state index in [0.29, 0.717) is 17.1 Å². The fourth-order valence-corrected chi connectivity index (χ4v) is 3.81. The molecule has 0 saturated carbocycles. The van der Waals surface area contributed by atoms with Crippen LogP contribution >= 0.6 is 0 Å². The lowest BCUT2D eigenvalue weighted by Gasteiger charge is -2.29. The highest BCUT2D eigenvalue weighted by atomic mass is 16.5. The third-order valence-electron chi connectivity index (χ3n) is 5.39. The average molecular weight is 408 g/mol. The summed E-state index contributed by atoms with van der Waals surface area (Å²) in [6.07, 6.45) is 2.28. The van der Waals surface area contributed by atoms with E-state index in [1.165, 1.54) is 23.0 Å². The standard InChI is InChI=1S/C23H24N2O5/c1-15(23(28)24-18-10-9-16-5-4-6-17(16)13-18)30-22(27)11-12-25-19-7-2-3-8-20(19)29-14-21(25)26/h2-3,7-10,13,15H,4-6,11-12,14H2,1H3,(H,24,28)/t15-/m0/s1. The number of rotatable bonds is 6. The van der Waals surface area contributed by atoms with Crippen LogP contribution in [0.1, 0.15) is 30.9 Å². The number of carbonyl (C=O) groups excluding carboxylic acids is 3. The third kappa shape index (κ3) is 4.30. The van der Waals surface area contributed by atoms with Gasteiger partial charge >= 0.3 is 5.97 Å². The SMILES string of the molecule is C[C@H](OC(=O)CCN1C(=O)COc2ccccc21)C(=O)Nc1ccc2c(c1)CCC2. The molecular weight excluding hydrogens is 384 g/mol. The van der Waals surface area contributed by atoms with E-state index >= 15 is 0 Å². The van der Waals surface area contributed by atoms with Crippen molar-refractivity contribution < 1.29 is 23.9 Å². The molecule has 0 radical (unpaired) electrons. The molecule has 1 aliphatic heterocycles. The Kier molecular flexibility index (Phi) is 5.70. The first-order valence-electron chi connectivity index (χ1n) is 10.2. The van der Waals surface area contributed by atoms with E-state index in [0.717, 1.165) is 19.3 Å². The molecule has 2 aromatic carbocycles. The lowest BCUT2D eigenvalue weighted by molar-refractivity contribution is -0.153. The fraction of sp³-hybridized carbons (Fsp3) is 0.348. The van der Waals surface area contributed by atoms with Gasteiger partial charge in [-0.15, -0.1) is 0 Å². The van der Waals surface area contributed by atoms with Crippen molar-refractivity contribution >= 4 is 29.2 Å². The number of carbonyl (C=O) groups is 3. The van der Waals surface area contributed by atoms with Crippen LogP contribution in [0.25, 0.3) is 0 Å². The Morgan fingerprint density at radius 1 is 1.17 bits per heavy atom. The maximum absolute atomic E-state index is 12.4. The summed E-state index contributed by atoms with van der Waals surface area (Å²) >= 11 is 0. The van der Waals surface area contributed by atoms with Gasteiger partial charge in [0.05, 0.1) is 12.1 Å². The Balaban J connectivity index is 1.29. The van der Waals surface area contributed by atoms with Crippen molar-refractivity contribution in [3.63, 3.8) is 0 Å². The summed E-state index contributed by atoms with van der Waals surface area (Å²) in [5, 5.41) is 2.81. The first kappa shape index (κ1) is 19.9. The number of hydrogen-bond donors (Lipinski definition) is 1. The molecule has 0 spiro atoms. The molecule has 1 N–H and O–H groups in total. The topological polar surface area (TPSA) is 84.9 Å². The predicted molar refractivity (Wildman–Crippen MR) is 112 cm³/mol. The molecule has 2 aromatic rings. The second kappa shape index (κ2) is 8.57. The van der Waals surface area contributed by atoms with Crippen molar-refractivity contribution in [2.24, 2.45) is 0 Å². The van der Waals surface area contributed by atoms with Gasteiger partial charge in [-0.25, -0.2) is 0 Å². The van der Waals surface area contributed by atoms with Crippen LogP contribution in [-0.2, 0) is 32.0 Å². The van der Waals surface area contributed by atoms with Gasteiger partial charge in [-0.05, 0) is 61.6 Å². The molecule has 0 aromatic heterocycles. The predicted octanol–water partition coefficient (Wildman–Crippen LogP) is 2.86. The molecule has 1 atom stereocenters. The normalized spacial score (nSPS) is 15.6. The minimum Gasteiger partial charge on any atom is -0.482 e. The molecule has 2 amide bonds. The Morgan fingerprint density at radius 2 is 1.97 bits per heavy atom. The first-order chi connectivity index (χ1) is 14.5. The van der Waals surface area contributed by atoms with Crippen molar-refractivity contribution in [1.29, 1.82) is 0 Å². The summed E-state index contributed by atoms with van der Waals surface area (Å²) in [6.45, 7) is 1.64. The number of benzene rings is 2. The van der Waals surface area contributed by atoms with Crippen molar-refractivity contribution in [3.05, 3.63) is 53.6 Å². The van der Waals surface area contributed by atoms with Gasteiger partial charge in [0, 0.05) is 12.2 Å². The maximum atomic E-state index is 12.4. The molecule has 0 unspecified atom stereocenters. The van der Waals surface area contributed by atoms with Crippen LogP contribution in [-0.4, -0.2) is 37.0 Å². The van der Waals surface area contributed by atoms with Crippen molar-refractivity contribution in [3.8, 4) is 5.75 Å². The summed E-state index contributed by atoms with van der Waals surface area (Å²) in [5.41, 5.74) is 3.92. The number of para-hydroxylation sites is 2. The molecule has 7 nitrogen and oxygen atoms in total. The van der Waals surface area contributed by atoms with E-state index in [-0.39, 0.29) is 31.4 Å². The van der Waals surface area contributed by atoms with Gasteiger partial charge in [-0.3, -0.25) is 14.4 Å². The minimum absolute atomic E-state index is 0.0173. The van der Waals surface area contributed by atoms with Gasteiger partial charge in [-0.1, -0.05) is 18.2 Å². The largest absolute Gasteiger partial charge is 0.482 e. The molecule has 4 rings (SSSR count). The summed E-state index contributed by atoms with van der Waals surface area (Å²) in [4.78, 5) is 38.3. The highest BCUT2D eigenvalue weighted by Gasteiger charge is 2.26. The van der Waals surface area contributed by atoms with E-state index in [1.54, 1.807) is 18.2 Å². The Bertz CT molecular complexity index is 987. The van der Waals surface area contributed by atoms with E-state index in [1.807, 2.05) is 24.3 Å². The van der Waals surface area contributed by atoms with Crippen molar-refractivity contribution in [2.75, 3.05) is 23.4 Å². The smallest absolute Gasteiger partial charge is 0.308 e. The molecule has 0 fully saturated rings. The summed E-state index contributed by atoms with van der Waals surface area (Å²) in [6, 6.07) is 13.1.